The fourth-order valence-corrected chi connectivity index (χ4v) is 2.88. The maximum atomic E-state index is 12.2. The summed E-state index contributed by atoms with van der Waals surface area (Å²) in [4.78, 5) is 26.7. The lowest BCUT2D eigenvalue weighted by atomic mass is 10.1. The predicted molar refractivity (Wildman–Crippen MR) is 62.7 cm³/mol. The normalized spacial score (nSPS) is 33.2. The van der Waals surface area contributed by atoms with Crippen LogP contribution in [0.1, 0.15) is 26.7 Å². The van der Waals surface area contributed by atoms with Crippen LogP contribution in [0, 0.1) is 11.8 Å². The van der Waals surface area contributed by atoms with Gasteiger partial charge in [-0.25, -0.2) is 4.79 Å². The van der Waals surface area contributed by atoms with E-state index in [1.807, 2.05) is 4.90 Å². The van der Waals surface area contributed by atoms with E-state index in [1.165, 1.54) is 0 Å². The molecule has 0 aromatic rings. The Kier molecular flexibility index (Phi) is 3.26. The second kappa shape index (κ2) is 4.55. The highest BCUT2D eigenvalue weighted by Crippen LogP contribution is 2.26. The number of likely N-dealkylation sites (tertiary alicyclic amines) is 2. The van der Waals surface area contributed by atoms with E-state index in [2.05, 4.69) is 13.8 Å². The van der Waals surface area contributed by atoms with E-state index >= 15 is 0 Å². The van der Waals surface area contributed by atoms with Crippen molar-refractivity contribution in [3.63, 3.8) is 0 Å². The van der Waals surface area contributed by atoms with Gasteiger partial charge in [-0.1, -0.05) is 6.92 Å². The SMILES string of the molecule is CC1CC(C)N(C(=O)N2CCC(C(=O)O)C2)C1. The molecule has 2 rings (SSSR count). The number of amides is 2. The lowest BCUT2D eigenvalue weighted by molar-refractivity contribution is -0.141. The van der Waals surface area contributed by atoms with Gasteiger partial charge in [0.25, 0.3) is 0 Å². The molecule has 5 heteroatoms. The highest BCUT2D eigenvalue weighted by atomic mass is 16.4. The van der Waals surface area contributed by atoms with Crippen LogP contribution in [0.2, 0.25) is 0 Å². The summed E-state index contributed by atoms with van der Waals surface area (Å²) in [5.74, 6) is -0.621. The van der Waals surface area contributed by atoms with Crippen LogP contribution in [-0.4, -0.2) is 52.6 Å². The Morgan fingerprint density at radius 2 is 1.94 bits per heavy atom. The van der Waals surface area contributed by atoms with Crippen LogP contribution in [-0.2, 0) is 4.79 Å². The van der Waals surface area contributed by atoms with Gasteiger partial charge in [-0.15, -0.1) is 0 Å². The molecule has 0 saturated carbocycles. The summed E-state index contributed by atoms with van der Waals surface area (Å²) >= 11 is 0. The molecule has 2 aliphatic heterocycles. The van der Waals surface area contributed by atoms with Gasteiger partial charge < -0.3 is 14.9 Å². The summed E-state index contributed by atoms with van der Waals surface area (Å²) in [6.45, 7) is 5.95. The quantitative estimate of drug-likeness (QED) is 0.750. The van der Waals surface area contributed by atoms with Crippen LogP contribution in [0.5, 0.6) is 0 Å². The number of carboxylic acids is 1. The van der Waals surface area contributed by atoms with Gasteiger partial charge in [0.1, 0.15) is 0 Å². The Balaban J connectivity index is 1.95. The molecule has 5 nitrogen and oxygen atoms in total. The molecule has 2 fully saturated rings. The van der Waals surface area contributed by atoms with Crippen molar-refractivity contribution in [1.29, 1.82) is 0 Å². The van der Waals surface area contributed by atoms with Gasteiger partial charge >= 0.3 is 12.0 Å². The van der Waals surface area contributed by atoms with E-state index in [-0.39, 0.29) is 18.0 Å². The predicted octanol–water partition coefficient (Wildman–Crippen LogP) is 1.24. The first-order chi connectivity index (χ1) is 7.99. The monoisotopic (exact) mass is 240 g/mol. The van der Waals surface area contributed by atoms with Crippen LogP contribution in [0.25, 0.3) is 0 Å². The zero-order chi connectivity index (χ0) is 12.6. The number of carbonyl (C=O) groups excluding carboxylic acids is 1. The molecule has 0 aliphatic carbocycles. The molecule has 0 bridgehead atoms. The number of hydrogen-bond donors (Lipinski definition) is 1. The van der Waals surface area contributed by atoms with Crippen LogP contribution in [0.3, 0.4) is 0 Å². The highest BCUT2D eigenvalue weighted by Gasteiger charge is 2.37. The van der Waals surface area contributed by atoms with Crippen molar-refractivity contribution in [1.82, 2.24) is 9.80 Å². The van der Waals surface area contributed by atoms with Crippen molar-refractivity contribution in [2.24, 2.45) is 11.8 Å². The molecule has 2 amide bonds. The fraction of sp³-hybridized carbons (Fsp3) is 0.833. The first kappa shape index (κ1) is 12.2. The molecular weight excluding hydrogens is 220 g/mol. The largest absolute Gasteiger partial charge is 0.481 e. The third-order valence-electron chi connectivity index (χ3n) is 3.84. The van der Waals surface area contributed by atoms with Crippen molar-refractivity contribution < 1.29 is 14.7 Å². The first-order valence-corrected chi connectivity index (χ1v) is 6.27. The number of carboxylic acid groups (broad SMARTS) is 1. The molecule has 2 heterocycles. The van der Waals surface area contributed by atoms with Gasteiger partial charge in [-0.2, -0.15) is 0 Å². The number of aliphatic carboxylic acids is 1. The third-order valence-corrected chi connectivity index (χ3v) is 3.84. The molecule has 0 aromatic heterocycles. The maximum Gasteiger partial charge on any atom is 0.320 e. The smallest absolute Gasteiger partial charge is 0.320 e. The van der Waals surface area contributed by atoms with Crippen LogP contribution in [0.15, 0.2) is 0 Å². The molecule has 0 aromatic carbocycles. The molecule has 0 radical (unpaired) electrons. The molecule has 2 saturated heterocycles. The fourth-order valence-electron chi connectivity index (χ4n) is 2.88. The second-order valence-electron chi connectivity index (χ2n) is 5.39. The standard InChI is InChI=1S/C12H20N2O3/c1-8-5-9(2)14(6-8)12(17)13-4-3-10(7-13)11(15)16/h8-10H,3-7H2,1-2H3,(H,15,16). The molecule has 0 spiro atoms. The highest BCUT2D eigenvalue weighted by molar-refractivity contribution is 5.78. The van der Waals surface area contributed by atoms with E-state index in [0.717, 1.165) is 13.0 Å². The topological polar surface area (TPSA) is 60.9 Å². The lowest BCUT2D eigenvalue weighted by Gasteiger charge is -2.27. The van der Waals surface area contributed by atoms with Crippen molar-refractivity contribution in [2.45, 2.75) is 32.7 Å². The van der Waals surface area contributed by atoms with Gasteiger partial charge in [0.15, 0.2) is 0 Å². The number of carbonyl (C=O) groups is 2. The van der Waals surface area contributed by atoms with Crippen LogP contribution >= 0.6 is 0 Å². The van der Waals surface area contributed by atoms with Gasteiger partial charge in [0, 0.05) is 25.7 Å². The van der Waals surface area contributed by atoms with E-state index in [1.54, 1.807) is 4.90 Å². The Hall–Kier alpha value is -1.26. The molecule has 3 unspecified atom stereocenters. The Bertz CT molecular complexity index is 332. The van der Waals surface area contributed by atoms with E-state index < -0.39 is 5.97 Å². The zero-order valence-electron chi connectivity index (χ0n) is 10.4. The van der Waals surface area contributed by atoms with Gasteiger partial charge in [0.05, 0.1) is 5.92 Å². The summed E-state index contributed by atoms with van der Waals surface area (Å²) in [7, 11) is 0. The summed E-state index contributed by atoms with van der Waals surface area (Å²) in [5, 5.41) is 8.92. The minimum absolute atomic E-state index is 0.0191. The van der Waals surface area contributed by atoms with Crippen LogP contribution < -0.4 is 0 Å². The summed E-state index contributed by atoms with van der Waals surface area (Å²) in [6.07, 6.45) is 1.63. The lowest BCUT2D eigenvalue weighted by Crippen LogP contribution is -2.44. The van der Waals surface area contributed by atoms with Gasteiger partial charge in [-0.3, -0.25) is 4.79 Å². The van der Waals surface area contributed by atoms with Crippen molar-refractivity contribution in [3.05, 3.63) is 0 Å². The number of nitrogens with zero attached hydrogens (tertiary/aromatic N) is 2. The average Bonchev–Trinajstić information content (AvgIpc) is 2.84. The van der Waals surface area contributed by atoms with Gasteiger partial charge in [-0.05, 0) is 25.7 Å². The average molecular weight is 240 g/mol. The molecular formula is C12H20N2O3. The minimum atomic E-state index is -0.789. The third kappa shape index (κ3) is 2.37. The van der Waals surface area contributed by atoms with Gasteiger partial charge in [0.2, 0.25) is 0 Å². The summed E-state index contributed by atoms with van der Waals surface area (Å²) in [6, 6.07) is 0.298. The van der Waals surface area contributed by atoms with Crippen molar-refractivity contribution in [3.8, 4) is 0 Å². The first-order valence-electron chi connectivity index (χ1n) is 6.27. The van der Waals surface area contributed by atoms with E-state index in [0.29, 0.717) is 25.4 Å². The number of hydrogen-bond acceptors (Lipinski definition) is 2. The Morgan fingerprint density at radius 1 is 1.24 bits per heavy atom. The molecule has 96 valence electrons. The molecule has 2 aliphatic rings. The molecule has 17 heavy (non-hydrogen) atoms. The Labute approximate surface area is 101 Å². The number of rotatable bonds is 1. The van der Waals surface area contributed by atoms with E-state index in [9.17, 15) is 9.59 Å². The summed E-state index contributed by atoms with van der Waals surface area (Å²) < 4.78 is 0. The zero-order valence-corrected chi connectivity index (χ0v) is 10.4. The Morgan fingerprint density at radius 3 is 2.41 bits per heavy atom. The second-order valence-corrected chi connectivity index (χ2v) is 5.39. The molecule has 3 atom stereocenters. The van der Waals surface area contributed by atoms with Crippen molar-refractivity contribution >= 4 is 12.0 Å². The number of urea groups is 1. The summed E-state index contributed by atoms with van der Waals surface area (Å²) in [5.41, 5.74) is 0. The van der Waals surface area contributed by atoms with Crippen LogP contribution in [0.4, 0.5) is 4.79 Å². The van der Waals surface area contributed by atoms with E-state index in [4.69, 9.17) is 5.11 Å². The molecule has 1 N–H and O–H groups in total. The maximum absolute atomic E-state index is 12.2. The minimum Gasteiger partial charge on any atom is -0.481 e. The van der Waals surface area contributed by atoms with Crippen molar-refractivity contribution in [2.75, 3.05) is 19.6 Å².